The van der Waals surface area contributed by atoms with Crippen molar-refractivity contribution in [3.05, 3.63) is 45.9 Å². The van der Waals surface area contributed by atoms with Crippen LogP contribution >= 0.6 is 22.6 Å². The molecule has 18 heavy (non-hydrogen) atoms. The number of anilines is 2. The molecular formula is C12H11IN4O. The third-order valence-corrected chi connectivity index (χ3v) is 3.19. The van der Waals surface area contributed by atoms with Crippen LogP contribution in [0.3, 0.4) is 0 Å². The molecule has 92 valence electrons. The zero-order valence-electron chi connectivity index (χ0n) is 9.64. The summed E-state index contributed by atoms with van der Waals surface area (Å²) in [6, 6.07) is 7.55. The van der Waals surface area contributed by atoms with Crippen LogP contribution < -0.4 is 10.6 Å². The maximum Gasteiger partial charge on any atom is 0.275 e. The normalized spacial score (nSPS) is 9.89. The third-order valence-electron chi connectivity index (χ3n) is 2.25. The summed E-state index contributed by atoms with van der Waals surface area (Å²) in [4.78, 5) is 20.1. The molecule has 0 saturated heterocycles. The number of nitrogens with one attached hydrogen (secondary N) is 2. The molecule has 0 unspecified atom stereocenters. The van der Waals surface area contributed by atoms with Gasteiger partial charge in [0, 0.05) is 10.6 Å². The van der Waals surface area contributed by atoms with Gasteiger partial charge in [0.15, 0.2) is 0 Å². The first-order chi connectivity index (χ1) is 8.70. The van der Waals surface area contributed by atoms with E-state index in [0.717, 1.165) is 9.26 Å². The number of rotatable bonds is 3. The Hall–Kier alpha value is -1.70. The molecule has 0 spiro atoms. The predicted octanol–water partition coefficient (Wildman–Crippen LogP) is 2.38. The molecule has 0 fully saturated rings. The molecule has 0 aliphatic rings. The summed E-state index contributed by atoms with van der Waals surface area (Å²) in [7, 11) is 1.73. The molecule has 0 atom stereocenters. The fraction of sp³-hybridized carbons (Fsp3) is 0.0833. The Morgan fingerprint density at radius 1 is 1.28 bits per heavy atom. The highest BCUT2D eigenvalue weighted by molar-refractivity contribution is 14.1. The van der Waals surface area contributed by atoms with Gasteiger partial charge < -0.3 is 10.6 Å². The average molecular weight is 354 g/mol. The molecule has 2 aromatic rings. The van der Waals surface area contributed by atoms with E-state index in [0.29, 0.717) is 5.82 Å². The van der Waals surface area contributed by atoms with Gasteiger partial charge in [0.2, 0.25) is 0 Å². The second-order valence-electron chi connectivity index (χ2n) is 3.47. The van der Waals surface area contributed by atoms with E-state index in [1.807, 2.05) is 24.3 Å². The maximum absolute atomic E-state index is 12.0. The van der Waals surface area contributed by atoms with Gasteiger partial charge in [-0.3, -0.25) is 9.78 Å². The van der Waals surface area contributed by atoms with E-state index in [1.165, 1.54) is 6.20 Å². The summed E-state index contributed by atoms with van der Waals surface area (Å²) >= 11 is 2.16. The molecule has 1 heterocycles. The molecule has 2 N–H and O–H groups in total. The van der Waals surface area contributed by atoms with Crippen LogP contribution in [0, 0.1) is 3.57 Å². The second kappa shape index (κ2) is 5.76. The SMILES string of the molecule is CNc1cncc(C(=O)Nc2ccccc2I)n1. The second-order valence-corrected chi connectivity index (χ2v) is 4.64. The van der Waals surface area contributed by atoms with Gasteiger partial charge in [-0.15, -0.1) is 0 Å². The van der Waals surface area contributed by atoms with E-state index in [9.17, 15) is 4.79 Å². The number of hydrogen-bond donors (Lipinski definition) is 2. The van der Waals surface area contributed by atoms with Gasteiger partial charge in [-0.25, -0.2) is 4.98 Å². The Morgan fingerprint density at radius 2 is 2.06 bits per heavy atom. The minimum atomic E-state index is -0.274. The molecular weight excluding hydrogens is 343 g/mol. The van der Waals surface area contributed by atoms with Crippen molar-refractivity contribution in [1.29, 1.82) is 0 Å². The first-order valence-corrected chi connectivity index (χ1v) is 6.34. The van der Waals surface area contributed by atoms with Gasteiger partial charge in [0.25, 0.3) is 5.91 Å². The first-order valence-electron chi connectivity index (χ1n) is 5.26. The van der Waals surface area contributed by atoms with Crippen LogP contribution in [0.25, 0.3) is 0 Å². The number of carbonyl (C=O) groups is 1. The zero-order chi connectivity index (χ0) is 13.0. The minimum Gasteiger partial charge on any atom is -0.372 e. The average Bonchev–Trinajstić information content (AvgIpc) is 2.41. The zero-order valence-corrected chi connectivity index (χ0v) is 11.8. The van der Waals surface area contributed by atoms with Gasteiger partial charge in [0.05, 0.1) is 18.1 Å². The summed E-state index contributed by atoms with van der Waals surface area (Å²) in [6.45, 7) is 0. The van der Waals surface area contributed by atoms with Crippen LogP contribution in [0.5, 0.6) is 0 Å². The Morgan fingerprint density at radius 3 is 2.78 bits per heavy atom. The van der Waals surface area contributed by atoms with Gasteiger partial charge in [-0.1, -0.05) is 12.1 Å². The number of benzene rings is 1. The summed E-state index contributed by atoms with van der Waals surface area (Å²) in [5.74, 6) is 0.286. The van der Waals surface area contributed by atoms with E-state index in [-0.39, 0.29) is 11.6 Å². The molecule has 0 aliphatic carbocycles. The van der Waals surface area contributed by atoms with Crippen molar-refractivity contribution < 1.29 is 4.79 Å². The topological polar surface area (TPSA) is 66.9 Å². The van der Waals surface area contributed by atoms with Gasteiger partial charge in [-0.2, -0.15) is 0 Å². The smallest absolute Gasteiger partial charge is 0.275 e. The fourth-order valence-electron chi connectivity index (χ4n) is 1.34. The quantitative estimate of drug-likeness (QED) is 0.831. The van der Waals surface area contributed by atoms with E-state index < -0.39 is 0 Å². The molecule has 6 heteroatoms. The van der Waals surface area contributed by atoms with Crippen molar-refractivity contribution in [2.24, 2.45) is 0 Å². The third kappa shape index (κ3) is 2.95. The molecule has 0 saturated carbocycles. The minimum absolute atomic E-state index is 0.274. The monoisotopic (exact) mass is 354 g/mol. The number of carbonyl (C=O) groups excluding carboxylic acids is 1. The van der Waals surface area contributed by atoms with Crippen LogP contribution in [0.2, 0.25) is 0 Å². The van der Waals surface area contributed by atoms with E-state index in [2.05, 4.69) is 43.2 Å². The molecule has 5 nitrogen and oxygen atoms in total. The number of halogens is 1. The number of para-hydroxylation sites is 1. The molecule has 2 rings (SSSR count). The fourth-order valence-corrected chi connectivity index (χ4v) is 1.87. The standard InChI is InChI=1S/C12H11IN4O/c1-14-11-7-15-6-10(16-11)12(18)17-9-5-3-2-4-8(9)13/h2-7H,1H3,(H,14,16)(H,17,18). The Kier molecular flexibility index (Phi) is 4.08. The Bertz CT molecular complexity index is 574. The van der Waals surface area contributed by atoms with E-state index in [1.54, 1.807) is 13.2 Å². The van der Waals surface area contributed by atoms with E-state index in [4.69, 9.17) is 0 Å². The number of amides is 1. The summed E-state index contributed by atoms with van der Waals surface area (Å²) in [6.07, 6.45) is 3.00. The van der Waals surface area contributed by atoms with Gasteiger partial charge in [-0.05, 0) is 34.7 Å². The van der Waals surface area contributed by atoms with Crippen LogP contribution in [-0.4, -0.2) is 22.9 Å². The summed E-state index contributed by atoms with van der Waals surface area (Å²) < 4.78 is 0.973. The lowest BCUT2D eigenvalue weighted by Crippen LogP contribution is -2.15. The largest absolute Gasteiger partial charge is 0.372 e. The van der Waals surface area contributed by atoms with Gasteiger partial charge in [0.1, 0.15) is 11.5 Å². The van der Waals surface area contributed by atoms with Crippen LogP contribution in [0.1, 0.15) is 10.5 Å². The Labute approximate surface area is 118 Å². The highest BCUT2D eigenvalue weighted by Crippen LogP contribution is 2.17. The summed E-state index contributed by atoms with van der Waals surface area (Å²) in [5.41, 5.74) is 1.04. The van der Waals surface area contributed by atoms with Crippen molar-refractivity contribution in [1.82, 2.24) is 9.97 Å². The highest BCUT2D eigenvalue weighted by atomic mass is 127. The summed E-state index contributed by atoms with van der Waals surface area (Å²) in [5, 5.41) is 5.64. The van der Waals surface area contributed by atoms with Crippen molar-refractivity contribution in [2.45, 2.75) is 0 Å². The molecule has 0 bridgehead atoms. The Balaban J connectivity index is 2.19. The first kappa shape index (κ1) is 12.7. The van der Waals surface area contributed by atoms with Crippen LogP contribution in [-0.2, 0) is 0 Å². The lowest BCUT2D eigenvalue weighted by Gasteiger charge is -2.07. The van der Waals surface area contributed by atoms with Crippen molar-refractivity contribution >= 4 is 40.0 Å². The van der Waals surface area contributed by atoms with E-state index >= 15 is 0 Å². The van der Waals surface area contributed by atoms with Crippen molar-refractivity contribution in [3.8, 4) is 0 Å². The molecule has 1 aromatic heterocycles. The molecule has 1 amide bonds. The molecule has 0 aliphatic heterocycles. The van der Waals surface area contributed by atoms with Crippen LogP contribution in [0.15, 0.2) is 36.7 Å². The molecule has 0 radical (unpaired) electrons. The lowest BCUT2D eigenvalue weighted by molar-refractivity contribution is 0.102. The maximum atomic E-state index is 12.0. The number of nitrogens with zero attached hydrogens (tertiary/aromatic N) is 2. The van der Waals surface area contributed by atoms with Gasteiger partial charge >= 0.3 is 0 Å². The lowest BCUT2D eigenvalue weighted by atomic mass is 10.3. The van der Waals surface area contributed by atoms with Crippen molar-refractivity contribution in [2.75, 3.05) is 17.7 Å². The predicted molar refractivity (Wildman–Crippen MR) is 78.7 cm³/mol. The van der Waals surface area contributed by atoms with Crippen molar-refractivity contribution in [3.63, 3.8) is 0 Å². The molecule has 1 aromatic carbocycles. The number of aromatic nitrogens is 2. The highest BCUT2D eigenvalue weighted by Gasteiger charge is 2.10. The number of hydrogen-bond acceptors (Lipinski definition) is 4. The van der Waals surface area contributed by atoms with Crippen LogP contribution in [0.4, 0.5) is 11.5 Å².